The summed E-state index contributed by atoms with van der Waals surface area (Å²) in [5.41, 5.74) is 0.667. The van der Waals surface area contributed by atoms with Crippen LogP contribution in [0.2, 0.25) is 0 Å². The van der Waals surface area contributed by atoms with Gasteiger partial charge in [0.1, 0.15) is 11.9 Å². The molecule has 1 saturated carbocycles. The number of anilines is 1. The van der Waals surface area contributed by atoms with Gasteiger partial charge in [-0.1, -0.05) is 18.2 Å². The predicted octanol–water partition coefficient (Wildman–Crippen LogP) is 2.47. The Morgan fingerprint density at radius 1 is 1.40 bits per heavy atom. The van der Waals surface area contributed by atoms with Gasteiger partial charge in [0.2, 0.25) is 0 Å². The highest BCUT2D eigenvalue weighted by atomic mass is 16.6. The molecule has 1 fully saturated rings. The van der Waals surface area contributed by atoms with Crippen LogP contribution in [0, 0.1) is 10.1 Å². The molecule has 20 heavy (non-hydrogen) atoms. The third kappa shape index (κ3) is 1.98. The number of hydrogen-bond donors (Lipinski definition) is 2. The van der Waals surface area contributed by atoms with Crippen molar-refractivity contribution >= 4 is 22.3 Å². The summed E-state index contributed by atoms with van der Waals surface area (Å²) in [4.78, 5) is 14.9. The predicted molar refractivity (Wildman–Crippen MR) is 75.7 cm³/mol. The number of pyridine rings is 1. The maximum Gasteiger partial charge on any atom is 0.311 e. The Labute approximate surface area is 115 Å². The zero-order valence-corrected chi connectivity index (χ0v) is 10.9. The third-order valence-electron chi connectivity index (χ3n) is 3.96. The molecule has 0 amide bonds. The number of nitrogens with zero attached hydrogens (tertiary/aromatic N) is 2. The Hall–Kier alpha value is -2.21. The second kappa shape index (κ2) is 4.72. The van der Waals surface area contributed by atoms with Crippen molar-refractivity contribution in [3.05, 3.63) is 40.6 Å². The fourth-order valence-corrected chi connectivity index (χ4v) is 2.59. The van der Waals surface area contributed by atoms with Gasteiger partial charge in [-0.2, -0.15) is 0 Å². The average Bonchev–Trinajstić information content (AvgIpc) is 2.42. The first-order valence-electron chi connectivity index (χ1n) is 6.56. The number of aliphatic hydroxyl groups excluding tert-OH is 1. The minimum absolute atomic E-state index is 0.0270. The second-order valence-corrected chi connectivity index (χ2v) is 5.21. The van der Waals surface area contributed by atoms with Crippen LogP contribution in [0.5, 0.6) is 0 Å². The highest BCUT2D eigenvalue weighted by Crippen LogP contribution is 2.40. The molecule has 0 aliphatic heterocycles. The maximum absolute atomic E-state index is 11.2. The van der Waals surface area contributed by atoms with Gasteiger partial charge in [-0.25, -0.2) is 4.98 Å². The molecule has 0 saturated heterocycles. The summed E-state index contributed by atoms with van der Waals surface area (Å²) in [7, 11) is 0. The Kier molecular flexibility index (Phi) is 3.02. The lowest BCUT2D eigenvalue weighted by atomic mass is 9.77. The highest BCUT2D eigenvalue weighted by Gasteiger charge is 2.38. The number of rotatable bonds is 4. The molecule has 3 rings (SSSR count). The summed E-state index contributed by atoms with van der Waals surface area (Å²) < 4.78 is 0. The van der Waals surface area contributed by atoms with Crippen molar-refractivity contribution < 1.29 is 10.0 Å². The van der Waals surface area contributed by atoms with Crippen LogP contribution in [0.15, 0.2) is 30.5 Å². The summed E-state index contributed by atoms with van der Waals surface area (Å²) in [6, 6.07) is 7.29. The van der Waals surface area contributed by atoms with Crippen molar-refractivity contribution in [1.82, 2.24) is 4.98 Å². The quantitative estimate of drug-likeness (QED) is 0.660. The molecule has 1 heterocycles. The van der Waals surface area contributed by atoms with Crippen LogP contribution in [0.1, 0.15) is 19.3 Å². The summed E-state index contributed by atoms with van der Waals surface area (Å²) in [5.74, 6) is 0. The van der Waals surface area contributed by atoms with Crippen LogP contribution >= 0.6 is 0 Å². The van der Waals surface area contributed by atoms with Gasteiger partial charge in [0.15, 0.2) is 0 Å². The zero-order chi connectivity index (χ0) is 14.2. The van der Waals surface area contributed by atoms with E-state index in [4.69, 9.17) is 0 Å². The SMILES string of the molecule is O=[N+]([O-])c1cnc2ccccc2c1NC1(CO)CCC1. The summed E-state index contributed by atoms with van der Waals surface area (Å²) in [6.45, 7) is -0.0270. The number of aliphatic hydroxyl groups is 1. The molecule has 6 nitrogen and oxygen atoms in total. The molecule has 0 spiro atoms. The monoisotopic (exact) mass is 273 g/mol. The van der Waals surface area contributed by atoms with E-state index in [0.29, 0.717) is 16.6 Å². The molecule has 0 bridgehead atoms. The summed E-state index contributed by atoms with van der Waals surface area (Å²) in [5, 5.41) is 24.7. The molecule has 2 aromatic rings. The van der Waals surface area contributed by atoms with Crippen LogP contribution < -0.4 is 5.32 Å². The van der Waals surface area contributed by atoms with Crippen molar-refractivity contribution in [2.24, 2.45) is 0 Å². The zero-order valence-electron chi connectivity index (χ0n) is 10.9. The molecular weight excluding hydrogens is 258 g/mol. The van der Waals surface area contributed by atoms with Gasteiger partial charge in [-0.3, -0.25) is 10.1 Å². The van der Waals surface area contributed by atoms with Crippen LogP contribution in [-0.2, 0) is 0 Å². The first kappa shape index (κ1) is 12.8. The number of para-hydroxylation sites is 1. The highest BCUT2D eigenvalue weighted by molar-refractivity contribution is 5.96. The van der Waals surface area contributed by atoms with Gasteiger partial charge in [0.05, 0.1) is 22.6 Å². The van der Waals surface area contributed by atoms with Crippen molar-refractivity contribution in [3.8, 4) is 0 Å². The molecular formula is C14H15N3O3. The van der Waals surface area contributed by atoms with Crippen molar-refractivity contribution in [1.29, 1.82) is 0 Å². The van der Waals surface area contributed by atoms with Gasteiger partial charge >= 0.3 is 5.69 Å². The number of fused-ring (bicyclic) bond motifs is 1. The molecule has 0 atom stereocenters. The van der Waals surface area contributed by atoms with E-state index in [9.17, 15) is 15.2 Å². The molecule has 6 heteroatoms. The molecule has 0 radical (unpaired) electrons. The largest absolute Gasteiger partial charge is 0.394 e. The van der Waals surface area contributed by atoms with Crippen LogP contribution in [0.3, 0.4) is 0 Å². The fraction of sp³-hybridized carbons (Fsp3) is 0.357. The molecule has 1 aromatic heterocycles. The first-order valence-corrected chi connectivity index (χ1v) is 6.56. The standard InChI is InChI=1S/C14H15N3O3/c18-9-14(6-3-7-14)16-13-10-4-1-2-5-11(10)15-8-12(13)17(19)20/h1-2,4-5,8,18H,3,6-7,9H2,(H,15,16). The van der Waals surface area contributed by atoms with Crippen molar-refractivity contribution in [2.75, 3.05) is 11.9 Å². The lowest BCUT2D eigenvalue weighted by Gasteiger charge is -2.41. The Morgan fingerprint density at radius 2 is 2.15 bits per heavy atom. The van der Waals surface area contributed by atoms with Gasteiger partial charge in [0.25, 0.3) is 0 Å². The summed E-state index contributed by atoms with van der Waals surface area (Å²) in [6.07, 6.45) is 3.92. The molecule has 1 aliphatic carbocycles. The number of nitrogens with one attached hydrogen (secondary N) is 1. The van der Waals surface area contributed by atoms with E-state index < -0.39 is 10.5 Å². The van der Waals surface area contributed by atoms with Crippen LogP contribution in [0.25, 0.3) is 10.9 Å². The normalized spacial score (nSPS) is 16.6. The van der Waals surface area contributed by atoms with Crippen LogP contribution in [-0.4, -0.2) is 27.2 Å². The third-order valence-corrected chi connectivity index (χ3v) is 3.96. The van der Waals surface area contributed by atoms with Crippen molar-refractivity contribution in [2.45, 2.75) is 24.8 Å². The number of aromatic nitrogens is 1. The Bertz CT molecular complexity index is 662. The molecule has 0 unspecified atom stereocenters. The van der Waals surface area contributed by atoms with Gasteiger partial charge < -0.3 is 10.4 Å². The van der Waals surface area contributed by atoms with Gasteiger partial charge in [0, 0.05) is 5.39 Å². The van der Waals surface area contributed by atoms with Gasteiger partial charge in [-0.15, -0.1) is 0 Å². The number of hydrogen-bond acceptors (Lipinski definition) is 5. The van der Waals surface area contributed by atoms with E-state index >= 15 is 0 Å². The fourth-order valence-electron chi connectivity index (χ4n) is 2.59. The minimum atomic E-state index is -0.439. The maximum atomic E-state index is 11.2. The summed E-state index contributed by atoms with van der Waals surface area (Å²) >= 11 is 0. The number of nitro groups is 1. The Morgan fingerprint density at radius 3 is 2.75 bits per heavy atom. The average molecular weight is 273 g/mol. The van der Waals surface area contributed by atoms with Crippen molar-refractivity contribution in [3.63, 3.8) is 0 Å². The van der Waals surface area contributed by atoms with E-state index in [1.165, 1.54) is 6.20 Å². The van der Waals surface area contributed by atoms with E-state index in [1.807, 2.05) is 18.2 Å². The minimum Gasteiger partial charge on any atom is -0.394 e. The lowest BCUT2D eigenvalue weighted by Crippen LogP contribution is -2.48. The Balaban J connectivity index is 2.14. The smallest absolute Gasteiger partial charge is 0.311 e. The topological polar surface area (TPSA) is 88.3 Å². The molecule has 1 aliphatic rings. The van der Waals surface area contributed by atoms with Crippen LogP contribution in [0.4, 0.5) is 11.4 Å². The van der Waals surface area contributed by atoms with Gasteiger partial charge in [-0.05, 0) is 25.3 Å². The lowest BCUT2D eigenvalue weighted by molar-refractivity contribution is -0.384. The second-order valence-electron chi connectivity index (χ2n) is 5.21. The van der Waals surface area contributed by atoms with E-state index in [1.54, 1.807) is 6.07 Å². The van der Waals surface area contributed by atoms with E-state index in [0.717, 1.165) is 19.3 Å². The van der Waals surface area contributed by atoms with E-state index in [-0.39, 0.29) is 12.3 Å². The van der Waals surface area contributed by atoms with E-state index in [2.05, 4.69) is 10.3 Å². The molecule has 1 aromatic carbocycles. The molecule has 2 N–H and O–H groups in total. The first-order chi connectivity index (χ1) is 9.65. The number of benzene rings is 1. The molecule has 104 valence electrons.